The second kappa shape index (κ2) is 8.58. The maximum Gasteiger partial charge on any atom is 0.237 e. The molecule has 93 valence electrons. The number of hydrogen-bond acceptors (Lipinski definition) is 4. The Morgan fingerprint density at radius 1 is 1.50 bits per heavy atom. The predicted molar refractivity (Wildman–Crippen MR) is 68.1 cm³/mol. The molecule has 0 heterocycles. The molecule has 0 spiro atoms. The molecule has 1 radical (unpaired) electrons. The summed E-state index contributed by atoms with van der Waals surface area (Å²) in [7, 11) is 0. The monoisotopic (exact) mass is 245 g/mol. The van der Waals surface area contributed by atoms with Gasteiger partial charge in [0.1, 0.15) is 0 Å². The highest BCUT2D eigenvalue weighted by atomic mass is 32.2. The molecule has 0 fully saturated rings. The molecule has 3 N–H and O–H groups in total. The molecule has 2 atom stereocenters. The van der Waals surface area contributed by atoms with Crippen molar-refractivity contribution in [1.82, 2.24) is 5.32 Å². The number of rotatable bonds is 8. The number of nitrogens with two attached hydrogens (primary N) is 1. The number of carbonyl (C=O) groups excluding carboxylic acids is 2. The van der Waals surface area contributed by atoms with Crippen LogP contribution in [0.3, 0.4) is 0 Å². The second-order valence-electron chi connectivity index (χ2n) is 4.20. The lowest BCUT2D eigenvalue weighted by molar-refractivity contribution is -0.122. The van der Waals surface area contributed by atoms with Crippen LogP contribution in [0.1, 0.15) is 26.7 Å². The van der Waals surface area contributed by atoms with Gasteiger partial charge in [-0.3, -0.25) is 9.59 Å². The van der Waals surface area contributed by atoms with Crippen molar-refractivity contribution in [2.75, 3.05) is 12.0 Å². The van der Waals surface area contributed by atoms with E-state index in [0.717, 1.165) is 5.75 Å². The lowest BCUT2D eigenvalue weighted by Crippen LogP contribution is -2.46. The predicted octanol–water partition coefficient (Wildman–Crippen LogP) is 0.707. The molecule has 2 unspecified atom stereocenters. The van der Waals surface area contributed by atoms with Crippen molar-refractivity contribution >= 4 is 24.0 Å². The van der Waals surface area contributed by atoms with Crippen LogP contribution in [0.5, 0.6) is 0 Å². The summed E-state index contributed by atoms with van der Waals surface area (Å²) in [5.41, 5.74) is 5.68. The Morgan fingerprint density at radius 2 is 2.12 bits per heavy atom. The van der Waals surface area contributed by atoms with Crippen LogP contribution < -0.4 is 11.1 Å². The van der Waals surface area contributed by atoms with Crippen molar-refractivity contribution in [2.45, 2.75) is 38.8 Å². The molecule has 0 saturated carbocycles. The summed E-state index contributed by atoms with van der Waals surface area (Å²) >= 11 is 1.65. The SMILES string of the molecule is CSCCC(N)C(=O)NC([C]=O)CC(C)C. The molecule has 0 aliphatic rings. The first-order valence-electron chi connectivity index (χ1n) is 5.43. The van der Waals surface area contributed by atoms with E-state index in [1.807, 2.05) is 26.4 Å². The van der Waals surface area contributed by atoms with E-state index in [2.05, 4.69) is 5.32 Å². The summed E-state index contributed by atoms with van der Waals surface area (Å²) in [5, 5.41) is 2.61. The Hall–Kier alpha value is -0.550. The minimum atomic E-state index is -0.534. The average molecular weight is 245 g/mol. The molecule has 0 saturated heterocycles. The van der Waals surface area contributed by atoms with Crippen LogP contribution in [0, 0.1) is 5.92 Å². The van der Waals surface area contributed by atoms with Crippen LogP contribution in [0.25, 0.3) is 0 Å². The van der Waals surface area contributed by atoms with Gasteiger partial charge in [-0.05, 0) is 30.8 Å². The molecule has 0 aromatic heterocycles. The van der Waals surface area contributed by atoms with E-state index < -0.39 is 12.1 Å². The molecule has 4 nitrogen and oxygen atoms in total. The number of amides is 1. The Kier molecular flexibility index (Phi) is 8.29. The molecule has 16 heavy (non-hydrogen) atoms. The van der Waals surface area contributed by atoms with E-state index in [4.69, 9.17) is 5.73 Å². The first-order valence-corrected chi connectivity index (χ1v) is 6.83. The summed E-state index contributed by atoms with van der Waals surface area (Å²) in [4.78, 5) is 22.2. The smallest absolute Gasteiger partial charge is 0.237 e. The quantitative estimate of drug-likeness (QED) is 0.660. The molecular weight excluding hydrogens is 224 g/mol. The standard InChI is InChI=1S/C11H21N2O2S/c1-8(2)6-9(7-14)13-11(15)10(12)4-5-16-3/h8-10H,4-6,12H2,1-3H3,(H,13,15). The molecule has 0 aliphatic heterocycles. The van der Waals surface area contributed by atoms with Crippen molar-refractivity contribution in [2.24, 2.45) is 11.7 Å². The van der Waals surface area contributed by atoms with Gasteiger partial charge in [0.2, 0.25) is 12.2 Å². The van der Waals surface area contributed by atoms with Gasteiger partial charge in [-0.1, -0.05) is 13.8 Å². The Bertz CT molecular complexity index is 222. The van der Waals surface area contributed by atoms with Crippen molar-refractivity contribution in [1.29, 1.82) is 0 Å². The minimum Gasteiger partial charge on any atom is -0.344 e. The van der Waals surface area contributed by atoms with Crippen LogP contribution >= 0.6 is 11.8 Å². The fourth-order valence-corrected chi connectivity index (χ4v) is 1.75. The fraction of sp³-hybridized carbons (Fsp3) is 0.818. The van der Waals surface area contributed by atoms with E-state index in [0.29, 0.717) is 18.8 Å². The van der Waals surface area contributed by atoms with Gasteiger partial charge in [0.15, 0.2) is 0 Å². The van der Waals surface area contributed by atoms with Crippen LogP contribution in [0.2, 0.25) is 0 Å². The molecule has 0 aromatic rings. The number of hydrogen-bond donors (Lipinski definition) is 2. The first-order chi connectivity index (χ1) is 7.51. The molecule has 1 amide bonds. The maximum atomic E-state index is 11.6. The summed E-state index contributed by atoms with van der Waals surface area (Å²) < 4.78 is 0. The third kappa shape index (κ3) is 6.85. The lowest BCUT2D eigenvalue weighted by atomic mass is 10.0. The van der Waals surface area contributed by atoms with Crippen molar-refractivity contribution in [3.8, 4) is 0 Å². The zero-order chi connectivity index (χ0) is 12.6. The third-order valence-corrected chi connectivity index (χ3v) is 2.78. The van der Waals surface area contributed by atoms with Crippen LogP contribution in [-0.2, 0) is 9.59 Å². The molecule has 0 bridgehead atoms. The van der Waals surface area contributed by atoms with E-state index in [9.17, 15) is 9.59 Å². The molecular formula is C11H21N2O2S. The van der Waals surface area contributed by atoms with Gasteiger partial charge < -0.3 is 11.1 Å². The van der Waals surface area contributed by atoms with Crippen LogP contribution in [0.4, 0.5) is 0 Å². The van der Waals surface area contributed by atoms with Gasteiger partial charge in [0, 0.05) is 0 Å². The van der Waals surface area contributed by atoms with Gasteiger partial charge in [-0.15, -0.1) is 0 Å². The van der Waals surface area contributed by atoms with E-state index in [1.165, 1.54) is 0 Å². The summed E-state index contributed by atoms with van der Waals surface area (Å²) in [6.07, 6.45) is 5.02. The van der Waals surface area contributed by atoms with Gasteiger partial charge in [0.25, 0.3) is 0 Å². The Morgan fingerprint density at radius 3 is 2.56 bits per heavy atom. The minimum absolute atomic E-state index is 0.261. The number of nitrogens with one attached hydrogen (secondary N) is 1. The molecule has 0 aliphatic carbocycles. The first kappa shape index (κ1) is 15.4. The molecule has 0 aromatic carbocycles. The van der Waals surface area contributed by atoms with Crippen LogP contribution in [0.15, 0.2) is 0 Å². The molecule has 0 rings (SSSR count). The van der Waals surface area contributed by atoms with Crippen LogP contribution in [-0.4, -0.2) is 36.3 Å². The largest absolute Gasteiger partial charge is 0.344 e. The van der Waals surface area contributed by atoms with Gasteiger partial charge in [-0.2, -0.15) is 11.8 Å². The normalized spacial score (nSPS) is 14.6. The molecule has 5 heteroatoms. The number of thioether (sulfide) groups is 1. The van der Waals surface area contributed by atoms with Gasteiger partial charge >= 0.3 is 0 Å². The Balaban J connectivity index is 4.03. The average Bonchev–Trinajstić information content (AvgIpc) is 2.23. The zero-order valence-electron chi connectivity index (χ0n) is 10.2. The van der Waals surface area contributed by atoms with Gasteiger partial charge in [-0.25, -0.2) is 0 Å². The maximum absolute atomic E-state index is 11.6. The summed E-state index contributed by atoms with van der Waals surface area (Å²) in [6, 6.07) is -1.07. The fourth-order valence-electron chi connectivity index (χ4n) is 1.26. The van der Waals surface area contributed by atoms with Crippen molar-refractivity contribution in [3.05, 3.63) is 0 Å². The van der Waals surface area contributed by atoms with E-state index in [-0.39, 0.29) is 5.91 Å². The highest BCUT2D eigenvalue weighted by Crippen LogP contribution is 2.04. The second-order valence-corrected chi connectivity index (χ2v) is 5.18. The Labute approximate surface area is 102 Å². The zero-order valence-corrected chi connectivity index (χ0v) is 11.0. The highest BCUT2D eigenvalue weighted by Gasteiger charge is 2.18. The summed E-state index contributed by atoms with van der Waals surface area (Å²) in [6.45, 7) is 3.98. The number of carbonyl (C=O) groups is 1. The van der Waals surface area contributed by atoms with Crippen molar-refractivity contribution in [3.63, 3.8) is 0 Å². The lowest BCUT2D eigenvalue weighted by Gasteiger charge is -2.17. The van der Waals surface area contributed by atoms with Crippen molar-refractivity contribution < 1.29 is 9.59 Å². The van der Waals surface area contributed by atoms with Gasteiger partial charge in [0.05, 0.1) is 12.1 Å². The summed E-state index contributed by atoms with van der Waals surface area (Å²) in [5.74, 6) is 0.922. The van der Waals surface area contributed by atoms with E-state index >= 15 is 0 Å². The third-order valence-electron chi connectivity index (χ3n) is 2.14. The highest BCUT2D eigenvalue weighted by molar-refractivity contribution is 7.98. The topological polar surface area (TPSA) is 72.2 Å². The van der Waals surface area contributed by atoms with E-state index in [1.54, 1.807) is 11.8 Å².